The number of rotatable bonds is 6. The zero-order valence-corrected chi connectivity index (χ0v) is 8.09. The van der Waals surface area contributed by atoms with Gasteiger partial charge in [0.05, 0.1) is 6.04 Å². The van der Waals surface area contributed by atoms with Crippen molar-refractivity contribution >= 4 is 0 Å². The van der Waals surface area contributed by atoms with E-state index in [0.717, 1.165) is 12.2 Å². The summed E-state index contributed by atoms with van der Waals surface area (Å²) in [5.74, 6) is 6.37. The molecule has 4 N–H and O–H groups in total. The van der Waals surface area contributed by atoms with E-state index in [1.807, 2.05) is 6.20 Å². The molecule has 1 rings (SSSR count). The van der Waals surface area contributed by atoms with E-state index in [1.54, 1.807) is 6.20 Å². The number of aromatic nitrogens is 2. The predicted octanol–water partition coefficient (Wildman–Crippen LogP) is 1.49. The topological polar surface area (TPSA) is 66.7 Å². The number of unbranched alkanes of at least 4 members (excludes halogenated alkanes) is 2. The summed E-state index contributed by atoms with van der Waals surface area (Å²) < 4.78 is 0. The Morgan fingerprint density at radius 3 is 3.00 bits per heavy atom. The van der Waals surface area contributed by atoms with Gasteiger partial charge in [-0.2, -0.15) is 0 Å². The molecule has 0 aliphatic heterocycles. The van der Waals surface area contributed by atoms with Crippen LogP contribution < -0.4 is 11.3 Å². The van der Waals surface area contributed by atoms with Gasteiger partial charge in [-0.25, -0.2) is 10.4 Å². The minimum absolute atomic E-state index is 0.168. The largest absolute Gasteiger partial charge is 0.347 e. The second-order valence-corrected chi connectivity index (χ2v) is 3.19. The number of hydrazine groups is 1. The summed E-state index contributed by atoms with van der Waals surface area (Å²) in [6.45, 7) is 2.19. The summed E-state index contributed by atoms with van der Waals surface area (Å²) in [5, 5.41) is 0. The number of aromatic amines is 1. The summed E-state index contributed by atoms with van der Waals surface area (Å²) >= 11 is 0. The quantitative estimate of drug-likeness (QED) is 0.355. The van der Waals surface area contributed by atoms with Crippen molar-refractivity contribution in [2.75, 3.05) is 0 Å². The lowest BCUT2D eigenvalue weighted by Gasteiger charge is -2.12. The molecular weight excluding hydrogens is 164 g/mol. The maximum atomic E-state index is 5.44. The van der Waals surface area contributed by atoms with Crippen LogP contribution in [0.2, 0.25) is 0 Å². The van der Waals surface area contributed by atoms with Crippen LogP contribution in [0, 0.1) is 0 Å². The smallest absolute Gasteiger partial charge is 0.124 e. The highest BCUT2D eigenvalue weighted by molar-refractivity contribution is 4.94. The van der Waals surface area contributed by atoms with E-state index in [-0.39, 0.29) is 6.04 Å². The van der Waals surface area contributed by atoms with Crippen LogP contribution in [0.1, 0.15) is 44.5 Å². The molecule has 0 fully saturated rings. The van der Waals surface area contributed by atoms with Gasteiger partial charge in [0, 0.05) is 12.4 Å². The first kappa shape index (κ1) is 10.2. The molecule has 0 bridgehead atoms. The van der Waals surface area contributed by atoms with E-state index in [4.69, 9.17) is 5.84 Å². The highest BCUT2D eigenvalue weighted by Gasteiger charge is 2.10. The van der Waals surface area contributed by atoms with Gasteiger partial charge in [0.1, 0.15) is 5.82 Å². The van der Waals surface area contributed by atoms with Gasteiger partial charge < -0.3 is 4.98 Å². The average Bonchev–Trinajstić information content (AvgIpc) is 2.65. The van der Waals surface area contributed by atoms with Crippen LogP contribution in [0.15, 0.2) is 12.4 Å². The van der Waals surface area contributed by atoms with Crippen LogP contribution in [-0.4, -0.2) is 9.97 Å². The lowest BCUT2D eigenvalue weighted by atomic mass is 10.1. The number of imidazole rings is 1. The van der Waals surface area contributed by atoms with E-state index < -0.39 is 0 Å². The summed E-state index contributed by atoms with van der Waals surface area (Å²) in [6, 6.07) is 0.168. The van der Waals surface area contributed by atoms with Gasteiger partial charge in [0.15, 0.2) is 0 Å². The molecule has 1 aromatic rings. The van der Waals surface area contributed by atoms with Gasteiger partial charge in [0.2, 0.25) is 0 Å². The number of nitrogens with zero attached hydrogens (tertiary/aromatic N) is 1. The Morgan fingerprint density at radius 2 is 2.46 bits per heavy atom. The number of nitrogens with one attached hydrogen (secondary N) is 2. The van der Waals surface area contributed by atoms with Crippen LogP contribution in [0.5, 0.6) is 0 Å². The normalized spacial score (nSPS) is 13.1. The maximum absolute atomic E-state index is 5.44. The molecule has 13 heavy (non-hydrogen) atoms. The fourth-order valence-corrected chi connectivity index (χ4v) is 1.37. The zero-order chi connectivity index (χ0) is 9.52. The summed E-state index contributed by atoms with van der Waals surface area (Å²) in [5.41, 5.74) is 2.77. The molecule has 4 nitrogen and oxygen atoms in total. The minimum atomic E-state index is 0.168. The molecule has 0 radical (unpaired) electrons. The molecular formula is C9H18N4. The molecule has 0 spiro atoms. The summed E-state index contributed by atoms with van der Waals surface area (Å²) in [6.07, 6.45) is 8.28. The molecule has 0 saturated carbocycles. The highest BCUT2D eigenvalue weighted by atomic mass is 15.2. The van der Waals surface area contributed by atoms with Crippen LogP contribution in [0.4, 0.5) is 0 Å². The second kappa shape index (κ2) is 5.72. The third-order valence-corrected chi connectivity index (χ3v) is 2.15. The fourth-order valence-electron chi connectivity index (χ4n) is 1.37. The molecule has 4 heteroatoms. The molecule has 1 unspecified atom stereocenters. The van der Waals surface area contributed by atoms with Gasteiger partial charge in [-0.15, -0.1) is 0 Å². The van der Waals surface area contributed by atoms with Gasteiger partial charge >= 0.3 is 0 Å². The molecule has 0 aromatic carbocycles. The van der Waals surface area contributed by atoms with Crippen molar-refractivity contribution in [2.45, 2.75) is 38.6 Å². The molecule has 0 saturated heterocycles. The van der Waals surface area contributed by atoms with Crippen molar-refractivity contribution in [1.82, 2.24) is 15.4 Å². The Labute approximate surface area is 78.9 Å². The third kappa shape index (κ3) is 3.16. The fraction of sp³-hybridized carbons (Fsp3) is 0.667. The van der Waals surface area contributed by atoms with E-state index in [1.165, 1.54) is 19.3 Å². The Bertz CT molecular complexity index is 207. The molecule has 1 atom stereocenters. The zero-order valence-electron chi connectivity index (χ0n) is 8.09. The predicted molar refractivity (Wildman–Crippen MR) is 52.8 cm³/mol. The first-order chi connectivity index (χ1) is 6.38. The lowest BCUT2D eigenvalue weighted by Crippen LogP contribution is -2.28. The SMILES string of the molecule is CCCCCC(NN)c1ncc[nH]1. The Hall–Kier alpha value is -0.870. The van der Waals surface area contributed by atoms with Crippen LogP contribution in [-0.2, 0) is 0 Å². The summed E-state index contributed by atoms with van der Waals surface area (Å²) in [7, 11) is 0. The standard InChI is InChI=1S/C9H18N4/c1-2-3-4-5-8(13-10)9-11-6-7-12-9/h6-8,13H,2-5,10H2,1H3,(H,11,12). The van der Waals surface area contributed by atoms with Gasteiger partial charge in [-0.1, -0.05) is 26.2 Å². The van der Waals surface area contributed by atoms with Gasteiger partial charge in [0.25, 0.3) is 0 Å². The molecule has 1 heterocycles. The van der Waals surface area contributed by atoms with E-state index in [2.05, 4.69) is 22.3 Å². The van der Waals surface area contributed by atoms with Crippen molar-refractivity contribution in [1.29, 1.82) is 0 Å². The van der Waals surface area contributed by atoms with Gasteiger partial charge in [-0.05, 0) is 6.42 Å². The Kier molecular flexibility index (Phi) is 4.49. The van der Waals surface area contributed by atoms with Crippen molar-refractivity contribution in [3.8, 4) is 0 Å². The van der Waals surface area contributed by atoms with Crippen molar-refractivity contribution in [3.63, 3.8) is 0 Å². The number of H-pyrrole nitrogens is 1. The molecule has 74 valence electrons. The van der Waals surface area contributed by atoms with Crippen molar-refractivity contribution in [3.05, 3.63) is 18.2 Å². The Balaban J connectivity index is 2.35. The maximum Gasteiger partial charge on any atom is 0.124 e. The molecule has 0 amide bonds. The number of hydrogen-bond acceptors (Lipinski definition) is 3. The molecule has 0 aliphatic carbocycles. The first-order valence-corrected chi connectivity index (χ1v) is 4.84. The van der Waals surface area contributed by atoms with Crippen molar-refractivity contribution < 1.29 is 0 Å². The van der Waals surface area contributed by atoms with Crippen LogP contribution in [0.3, 0.4) is 0 Å². The number of hydrogen-bond donors (Lipinski definition) is 3. The molecule has 1 aromatic heterocycles. The van der Waals surface area contributed by atoms with Crippen LogP contribution in [0.25, 0.3) is 0 Å². The van der Waals surface area contributed by atoms with Crippen molar-refractivity contribution in [2.24, 2.45) is 5.84 Å². The second-order valence-electron chi connectivity index (χ2n) is 3.19. The van der Waals surface area contributed by atoms with Gasteiger partial charge in [-0.3, -0.25) is 5.84 Å². The molecule has 0 aliphatic rings. The minimum Gasteiger partial charge on any atom is -0.347 e. The van der Waals surface area contributed by atoms with E-state index >= 15 is 0 Å². The third-order valence-electron chi connectivity index (χ3n) is 2.15. The van der Waals surface area contributed by atoms with E-state index in [0.29, 0.717) is 0 Å². The highest BCUT2D eigenvalue weighted by Crippen LogP contribution is 2.14. The first-order valence-electron chi connectivity index (χ1n) is 4.84. The monoisotopic (exact) mass is 182 g/mol. The lowest BCUT2D eigenvalue weighted by molar-refractivity contribution is 0.469. The number of nitrogens with two attached hydrogens (primary N) is 1. The average molecular weight is 182 g/mol. The summed E-state index contributed by atoms with van der Waals surface area (Å²) in [4.78, 5) is 7.23. The Morgan fingerprint density at radius 1 is 1.62 bits per heavy atom. The van der Waals surface area contributed by atoms with Crippen LogP contribution >= 0.6 is 0 Å². The van der Waals surface area contributed by atoms with E-state index in [9.17, 15) is 0 Å².